The minimum absolute atomic E-state index is 0. The maximum atomic E-state index is 5.22. The summed E-state index contributed by atoms with van der Waals surface area (Å²) in [7, 11) is 0. The summed E-state index contributed by atoms with van der Waals surface area (Å²) in [5.41, 5.74) is 5.22. The first kappa shape index (κ1) is 14.1. The van der Waals surface area contributed by atoms with Gasteiger partial charge in [-0.05, 0) is 19.5 Å². The zero-order valence-electron chi connectivity index (χ0n) is 7.90. The number of hydrogen-bond donors (Lipinski definition) is 2. The van der Waals surface area contributed by atoms with Gasteiger partial charge in [0.2, 0.25) is 0 Å². The molecule has 0 spiro atoms. The molecule has 2 nitrogen and oxygen atoms in total. The van der Waals surface area contributed by atoms with Crippen molar-refractivity contribution < 1.29 is 18.9 Å². The van der Waals surface area contributed by atoms with E-state index in [-0.39, 0.29) is 18.9 Å². The average molecular weight is 150 g/mol. The molecule has 0 aliphatic heterocycles. The molecule has 0 aliphatic rings. The molecule has 0 unspecified atom stereocenters. The molecular weight excluding hydrogens is 131 g/mol. The summed E-state index contributed by atoms with van der Waals surface area (Å²) in [6.45, 7) is 6.19. The normalized spacial score (nSPS) is 9.27. The van der Waals surface area contributed by atoms with Gasteiger partial charge in [-0.3, -0.25) is 6.54 Å². The third-order valence-corrected chi connectivity index (χ3v) is 1.43. The van der Waals surface area contributed by atoms with Gasteiger partial charge < -0.3 is 11.1 Å². The predicted molar refractivity (Wildman–Crippen MR) is 45.5 cm³/mol. The molecule has 0 saturated heterocycles. The maximum Gasteiger partial charge on any atom is 1.00 e. The van der Waals surface area contributed by atoms with E-state index in [0.29, 0.717) is 0 Å². The first-order valence-corrected chi connectivity index (χ1v) is 4.16. The fraction of sp³-hybridized carbons (Fsp3) is 0.875. The fourth-order valence-electron chi connectivity index (χ4n) is 0.772. The second-order valence-corrected chi connectivity index (χ2v) is 2.48. The summed E-state index contributed by atoms with van der Waals surface area (Å²) in [6, 6.07) is 0. The molecule has 0 aromatic carbocycles. The third-order valence-electron chi connectivity index (χ3n) is 1.43. The first-order chi connectivity index (χ1) is 4.91. The van der Waals surface area contributed by atoms with Crippen LogP contribution >= 0.6 is 0 Å². The van der Waals surface area contributed by atoms with Crippen LogP contribution in [0.4, 0.5) is 0 Å². The van der Waals surface area contributed by atoms with Crippen molar-refractivity contribution in [2.75, 3.05) is 13.1 Å². The van der Waals surface area contributed by atoms with Crippen LogP contribution < -0.4 is 29.9 Å². The Morgan fingerprint density at radius 2 is 1.91 bits per heavy atom. The van der Waals surface area contributed by atoms with Crippen molar-refractivity contribution in [3.63, 3.8) is 0 Å². The van der Waals surface area contributed by atoms with Crippen LogP contribution in [0.25, 0.3) is 0 Å². The van der Waals surface area contributed by atoms with Crippen LogP contribution in [0.3, 0.4) is 0 Å². The first-order valence-electron chi connectivity index (χ1n) is 4.16. The summed E-state index contributed by atoms with van der Waals surface area (Å²) in [4.78, 5) is 0. The molecule has 0 rings (SSSR count). The van der Waals surface area contributed by atoms with Gasteiger partial charge >= 0.3 is 18.9 Å². The van der Waals surface area contributed by atoms with Gasteiger partial charge in [0.25, 0.3) is 0 Å². The summed E-state index contributed by atoms with van der Waals surface area (Å²) in [5, 5.41) is 3.35. The van der Waals surface area contributed by atoms with Gasteiger partial charge in [0.15, 0.2) is 0 Å². The van der Waals surface area contributed by atoms with Crippen LogP contribution in [0.2, 0.25) is 0 Å². The molecule has 0 aliphatic carbocycles. The molecule has 0 atom stereocenters. The molecule has 0 heterocycles. The molecule has 3 N–H and O–H groups in total. The second-order valence-electron chi connectivity index (χ2n) is 2.48. The van der Waals surface area contributed by atoms with Gasteiger partial charge in [0.05, 0.1) is 0 Å². The molecule has 0 radical (unpaired) electrons. The van der Waals surface area contributed by atoms with E-state index in [1.54, 1.807) is 6.54 Å². The van der Waals surface area contributed by atoms with Crippen LogP contribution in [0.15, 0.2) is 0 Å². The topological polar surface area (TPSA) is 38.0 Å². The Morgan fingerprint density at radius 1 is 1.27 bits per heavy atom. The van der Waals surface area contributed by atoms with Crippen molar-refractivity contribution in [1.29, 1.82) is 0 Å². The van der Waals surface area contributed by atoms with E-state index in [2.05, 4.69) is 12.2 Å². The van der Waals surface area contributed by atoms with E-state index in [1.165, 1.54) is 19.3 Å². The van der Waals surface area contributed by atoms with E-state index >= 15 is 0 Å². The van der Waals surface area contributed by atoms with Crippen molar-refractivity contribution in [3.05, 3.63) is 6.54 Å². The van der Waals surface area contributed by atoms with Crippen molar-refractivity contribution >= 4 is 0 Å². The molecule has 0 saturated carbocycles. The number of unbranched alkanes of at least 4 members (excludes halogenated alkanes) is 2. The minimum atomic E-state index is 0. The standard InChI is InChI=1S/C8H19N2.Li/c1-2-3-7-10-8-5-4-6-9;/h6,10H,2-5,7-9H2,1H3;/q-1;+1. The van der Waals surface area contributed by atoms with Crippen LogP contribution in [0.5, 0.6) is 0 Å². The van der Waals surface area contributed by atoms with Crippen molar-refractivity contribution in [2.24, 2.45) is 5.73 Å². The molecule has 0 aromatic heterocycles. The van der Waals surface area contributed by atoms with Gasteiger partial charge in [0.1, 0.15) is 0 Å². The maximum absolute atomic E-state index is 5.22. The molecule has 0 bridgehead atoms. The SMILES string of the molecule is CCCCNCCC[CH-]N.[Li+]. The minimum Gasteiger partial charge on any atom is -0.483 e. The summed E-state index contributed by atoms with van der Waals surface area (Å²) in [5.74, 6) is 0. The van der Waals surface area contributed by atoms with Gasteiger partial charge in [-0.1, -0.05) is 19.8 Å². The Bertz CT molecular complexity index is 52.1. The Labute approximate surface area is 82.5 Å². The van der Waals surface area contributed by atoms with Crippen LogP contribution in [0, 0.1) is 6.54 Å². The summed E-state index contributed by atoms with van der Waals surface area (Å²) < 4.78 is 0. The fourth-order valence-corrected chi connectivity index (χ4v) is 0.772. The molecule has 0 aromatic rings. The molecule has 62 valence electrons. The van der Waals surface area contributed by atoms with E-state index in [4.69, 9.17) is 5.73 Å². The van der Waals surface area contributed by atoms with E-state index < -0.39 is 0 Å². The van der Waals surface area contributed by atoms with Gasteiger partial charge in [-0.15, -0.1) is 0 Å². The van der Waals surface area contributed by atoms with Crippen molar-refractivity contribution in [2.45, 2.75) is 32.6 Å². The van der Waals surface area contributed by atoms with E-state index in [1.807, 2.05) is 0 Å². The number of hydrogen-bond acceptors (Lipinski definition) is 2. The van der Waals surface area contributed by atoms with Gasteiger partial charge in [-0.25, -0.2) is 0 Å². The third kappa shape index (κ3) is 13.5. The monoisotopic (exact) mass is 150 g/mol. The smallest absolute Gasteiger partial charge is 0.483 e. The quantitative estimate of drug-likeness (QED) is 0.257. The number of nitrogens with one attached hydrogen (secondary N) is 1. The van der Waals surface area contributed by atoms with Crippen molar-refractivity contribution in [1.82, 2.24) is 5.32 Å². The Balaban J connectivity index is 0. The Morgan fingerprint density at radius 3 is 2.45 bits per heavy atom. The van der Waals surface area contributed by atoms with Crippen LogP contribution in [-0.4, -0.2) is 13.1 Å². The zero-order valence-corrected chi connectivity index (χ0v) is 7.90. The molecular formula is C8H19LiN2. The predicted octanol–water partition coefficient (Wildman–Crippen LogP) is -1.72. The average Bonchev–Trinajstić information content (AvgIpc) is 1.97. The molecule has 3 heteroatoms. The van der Waals surface area contributed by atoms with Gasteiger partial charge in [-0.2, -0.15) is 6.42 Å². The van der Waals surface area contributed by atoms with Crippen LogP contribution in [0.1, 0.15) is 32.6 Å². The van der Waals surface area contributed by atoms with Crippen LogP contribution in [-0.2, 0) is 0 Å². The molecule has 0 fully saturated rings. The Hall–Kier alpha value is 0.517. The summed E-state index contributed by atoms with van der Waals surface area (Å²) in [6.07, 6.45) is 4.75. The molecule has 0 amide bonds. The van der Waals surface area contributed by atoms with Gasteiger partial charge in [0, 0.05) is 0 Å². The summed E-state index contributed by atoms with van der Waals surface area (Å²) >= 11 is 0. The zero-order chi connectivity index (χ0) is 7.66. The van der Waals surface area contributed by atoms with Crippen molar-refractivity contribution in [3.8, 4) is 0 Å². The molecule has 11 heavy (non-hydrogen) atoms. The number of nitrogens with two attached hydrogens (primary N) is 1. The van der Waals surface area contributed by atoms with E-state index in [9.17, 15) is 0 Å². The number of rotatable bonds is 7. The Kier molecular flexibility index (Phi) is 16.8. The second kappa shape index (κ2) is 13.1. The largest absolute Gasteiger partial charge is 1.00 e. The van der Waals surface area contributed by atoms with E-state index in [0.717, 1.165) is 19.5 Å².